The lowest BCUT2D eigenvalue weighted by atomic mass is 10.2. The molecule has 4 heteroatoms. The van der Waals surface area contributed by atoms with Gasteiger partial charge in [-0.3, -0.25) is 0 Å². The minimum absolute atomic E-state index is 0.425. The Morgan fingerprint density at radius 3 is 2.68 bits per heavy atom. The Hall–Kier alpha value is -2.07. The fourth-order valence-electron chi connectivity index (χ4n) is 1.65. The van der Waals surface area contributed by atoms with Crippen molar-refractivity contribution in [3.8, 4) is 17.4 Å². The molecule has 100 valence electrons. The van der Waals surface area contributed by atoms with Crippen LogP contribution in [0.3, 0.4) is 0 Å². The first kappa shape index (κ1) is 13.4. The smallest absolute Gasteiger partial charge is 0.262 e. The van der Waals surface area contributed by atoms with Gasteiger partial charge in [0.25, 0.3) is 5.88 Å². The molecule has 19 heavy (non-hydrogen) atoms. The first-order valence-electron chi connectivity index (χ1n) is 6.38. The highest BCUT2D eigenvalue weighted by Crippen LogP contribution is 2.30. The van der Waals surface area contributed by atoms with E-state index < -0.39 is 0 Å². The van der Waals surface area contributed by atoms with Gasteiger partial charge in [0, 0.05) is 18.3 Å². The summed E-state index contributed by atoms with van der Waals surface area (Å²) in [4.78, 5) is 4.21. The minimum atomic E-state index is 0.425. The highest BCUT2D eigenvalue weighted by atomic mass is 16.5. The summed E-state index contributed by atoms with van der Waals surface area (Å²) in [6, 6.07) is 11.3. The molecule has 0 saturated heterocycles. The molecule has 4 nitrogen and oxygen atoms in total. The zero-order valence-corrected chi connectivity index (χ0v) is 11.0. The molecule has 2 N–H and O–H groups in total. The summed E-state index contributed by atoms with van der Waals surface area (Å²) in [5.41, 5.74) is 6.63. The molecule has 0 fully saturated rings. The van der Waals surface area contributed by atoms with Crippen molar-refractivity contribution in [3.63, 3.8) is 0 Å². The third-order valence-corrected chi connectivity index (χ3v) is 2.60. The molecule has 2 aromatic rings. The predicted octanol–water partition coefficient (Wildman–Crippen LogP) is 3.12. The average molecular weight is 258 g/mol. The van der Waals surface area contributed by atoms with Crippen molar-refractivity contribution in [2.24, 2.45) is 5.73 Å². The summed E-state index contributed by atoms with van der Waals surface area (Å²) in [6.45, 7) is 3.12. The molecule has 1 aromatic heterocycles. The van der Waals surface area contributed by atoms with Gasteiger partial charge >= 0.3 is 0 Å². The van der Waals surface area contributed by atoms with Crippen LogP contribution in [0.15, 0.2) is 42.6 Å². The molecular formula is C15H18N2O2. The molecule has 1 heterocycles. The summed E-state index contributed by atoms with van der Waals surface area (Å²) < 4.78 is 11.4. The zero-order chi connectivity index (χ0) is 13.5. The van der Waals surface area contributed by atoms with E-state index in [9.17, 15) is 0 Å². The fraction of sp³-hybridized carbons (Fsp3) is 0.267. The summed E-state index contributed by atoms with van der Waals surface area (Å²) >= 11 is 0. The van der Waals surface area contributed by atoms with Crippen molar-refractivity contribution in [2.45, 2.75) is 19.9 Å². The third kappa shape index (κ3) is 3.45. The van der Waals surface area contributed by atoms with E-state index in [1.807, 2.05) is 36.4 Å². The lowest BCUT2D eigenvalue weighted by Crippen LogP contribution is -2.02. The van der Waals surface area contributed by atoms with Crippen LogP contribution >= 0.6 is 0 Å². The van der Waals surface area contributed by atoms with E-state index in [4.69, 9.17) is 15.2 Å². The molecule has 0 aliphatic carbocycles. The highest BCUT2D eigenvalue weighted by molar-refractivity contribution is 5.40. The van der Waals surface area contributed by atoms with Crippen molar-refractivity contribution < 1.29 is 9.47 Å². The number of para-hydroxylation sites is 1. The van der Waals surface area contributed by atoms with E-state index in [-0.39, 0.29) is 0 Å². The maximum Gasteiger partial charge on any atom is 0.262 e. The van der Waals surface area contributed by atoms with Crippen LogP contribution in [0.25, 0.3) is 0 Å². The lowest BCUT2D eigenvalue weighted by molar-refractivity contribution is 0.297. The second-order valence-electron chi connectivity index (χ2n) is 4.07. The van der Waals surface area contributed by atoms with Crippen molar-refractivity contribution in [3.05, 3.63) is 48.2 Å². The number of rotatable bonds is 6. The monoisotopic (exact) mass is 258 g/mol. The number of benzene rings is 1. The van der Waals surface area contributed by atoms with E-state index in [1.165, 1.54) is 0 Å². The quantitative estimate of drug-likeness (QED) is 0.864. The van der Waals surface area contributed by atoms with E-state index in [0.29, 0.717) is 30.5 Å². The molecule has 0 spiro atoms. The van der Waals surface area contributed by atoms with Gasteiger partial charge in [-0.2, -0.15) is 0 Å². The predicted molar refractivity (Wildman–Crippen MR) is 74.4 cm³/mol. The molecule has 0 aliphatic heterocycles. The first-order valence-corrected chi connectivity index (χ1v) is 6.38. The van der Waals surface area contributed by atoms with Crippen LogP contribution in [-0.2, 0) is 6.54 Å². The molecule has 0 atom stereocenters. The Morgan fingerprint density at radius 2 is 1.89 bits per heavy atom. The second kappa shape index (κ2) is 6.75. The largest absolute Gasteiger partial charge is 0.488 e. The van der Waals surface area contributed by atoms with Gasteiger partial charge < -0.3 is 15.2 Å². The number of nitrogens with zero attached hydrogens (tertiary/aromatic N) is 1. The highest BCUT2D eigenvalue weighted by Gasteiger charge is 2.09. The molecule has 2 rings (SSSR count). The number of aromatic nitrogens is 1. The molecule has 0 saturated carbocycles. The molecule has 0 bridgehead atoms. The van der Waals surface area contributed by atoms with Gasteiger partial charge in [-0.25, -0.2) is 4.98 Å². The van der Waals surface area contributed by atoms with Gasteiger partial charge in [0.2, 0.25) is 0 Å². The van der Waals surface area contributed by atoms with Crippen LogP contribution in [0.1, 0.15) is 18.9 Å². The normalized spacial score (nSPS) is 10.2. The maximum atomic E-state index is 5.81. The Morgan fingerprint density at radius 1 is 1.11 bits per heavy atom. The van der Waals surface area contributed by atoms with Gasteiger partial charge in [0.05, 0.1) is 6.61 Å². The van der Waals surface area contributed by atoms with Crippen molar-refractivity contribution in [1.29, 1.82) is 0 Å². The second-order valence-corrected chi connectivity index (χ2v) is 4.07. The SMILES string of the molecule is CCCOc1cccnc1Oc1ccccc1CN. The molecular weight excluding hydrogens is 240 g/mol. The third-order valence-electron chi connectivity index (χ3n) is 2.60. The number of pyridine rings is 1. The Bertz CT molecular complexity index is 529. The van der Waals surface area contributed by atoms with Gasteiger partial charge in [-0.15, -0.1) is 0 Å². The van der Waals surface area contributed by atoms with Crippen LogP contribution in [0.2, 0.25) is 0 Å². The maximum absolute atomic E-state index is 5.81. The zero-order valence-electron chi connectivity index (χ0n) is 11.0. The molecule has 0 unspecified atom stereocenters. The van der Waals surface area contributed by atoms with Crippen molar-refractivity contribution >= 4 is 0 Å². The topological polar surface area (TPSA) is 57.4 Å². The van der Waals surface area contributed by atoms with E-state index >= 15 is 0 Å². The van der Waals surface area contributed by atoms with E-state index in [1.54, 1.807) is 6.20 Å². The van der Waals surface area contributed by atoms with Gasteiger partial charge in [-0.05, 0) is 24.6 Å². The van der Waals surface area contributed by atoms with Crippen LogP contribution < -0.4 is 15.2 Å². The van der Waals surface area contributed by atoms with E-state index in [2.05, 4.69) is 11.9 Å². The number of ether oxygens (including phenoxy) is 2. The first-order chi connectivity index (χ1) is 9.35. The number of hydrogen-bond donors (Lipinski definition) is 1. The minimum Gasteiger partial charge on any atom is -0.488 e. The molecule has 0 aliphatic rings. The average Bonchev–Trinajstić information content (AvgIpc) is 2.47. The van der Waals surface area contributed by atoms with Crippen LogP contribution in [0, 0.1) is 0 Å². The summed E-state index contributed by atoms with van der Waals surface area (Å²) in [7, 11) is 0. The lowest BCUT2D eigenvalue weighted by Gasteiger charge is -2.12. The standard InChI is InChI=1S/C15H18N2O2/c1-2-10-18-14-8-5-9-17-15(14)19-13-7-4-3-6-12(13)11-16/h3-9H,2,10-11,16H2,1H3. The van der Waals surface area contributed by atoms with Crippen molar-refractivity contribution in [1.82, 2.24) is 4.98 Å². The Balaban J connectivity index is 2.22. The van der Waals surface area contributed by atoms with Crippen molar-refractivity contribution in [2.75, 3.05) is 6.61 Å². The van der Waals surface area contributed by atoms with Gasteiger partial charge in [0.1, 0.15) is 5.75 Å². The summed E-state index contributed by atoms with van der Waals surface area (Å²) in [5, 5.41) is 0. The Kier molecular flexibility index (Phi) is 4.75. The summed E-state index contributed by atoms with van der Waals surface area (Å²) in [6.07, 6.45) is 2.62. The van der Waals surface area contributed by atoms with E-state index in [0.717, 1.165) is 12.0 Å². The van der Waals surface area contributed by atoms with Gasteiger partial charge in [0.15, 0.2) is 5.75 Å². The number of nitrogens with two attached hydrogens (primary N) is 1. The van der Waals surface area contributed by atoms with Gasteiger partial charge in [-0.1, -0.05) is 25.1 Å². The fourth-order valence-corrected chi connectivity index (χ4v) is 1.65. The Labute approximate surface area is 113 Å². The van der Waals surface area contributed by atoms with Crippen LogP contribution in [-0.4, -0.2) is 11.6 Å². The molecule has 1 aromatic carbocycles. The molecule has 0 amide bonds. The van der Waals surface area contributed by atoms with Crippen LogP contribution in [0.4, 0.5) is 0 Å². The number of hydrogen-bond acceptors (Lipinski definition) is 4. The molecule has 0 radical (unpaired) electrons. The van der Waals surface area contributed by atoms with Crippen LogP contribution in [0.5, 0.6) is 17.4 Å². The summed E-state index contributed by atoms with van der Waals surface area (Å²) in [5.74, 6) is 1.83.